The molecule has 1 unspecified atom stereocenters. The molecule has 0 radical (unpaired) electrons. The van der Waals surface area contributed by atoms with Gasteiger partial charge in [-0.2, -0.15) is 5.10 Å². The molecule has 1 atom stereocenters. The van der Waals surface area contributed by atoms with Crippen LogP contribution in [0.4, 0.5) is 5.82 Å². The van der Waals surface area contributed by atoms with E-state index in [4.69, 9.17) is 0 Å². The third-order valence-corrected chi connectivity index (χ3v) is 4.99. The highest BCUT2D eigenvalue weighted by Crippen LogP contribution is 2.26. The van der Waals surface area contributed by atoms with Gasteiger partial charge in [-0.3, -0.25) is 14.5 Å². The summed E-state index contributed by atoms with van der Waals surface area (Å²) in [5.41, 5.74) is 1.56. The van der Waals surface area contributed by atoms with Gasteiger partial charge >= 0.3 is 5.97 Å². The van der Waals surface area contributed by atoms with Crippen LogP contribution in [-0.2, 0) is 15.0 Å². The number of para-hydroxylation sites is 1. The van der Waals surface area contributed by atoms with Crippen LogP contribution < -0.4 is 5.32 Å². The lowest BCUT2D eigenvalue weighted by Gasteiger charge is -2.32. The molecule has 1 fully saturated rings. The monoisotopic (exact) mass is 420 g/mol. The third kappa shape index (κ3) is 5.58. The summed E-state index contributed by atoms with van der Waals surface area (Å²) in [4.78, 5) is 25.9. The number of benzene rings is 1. The number of aromatic nitrogens is 2. The Hall–Kier alpha value is -2.38. The second-order valence-corrected chi connectivity index (χ2v) is 8.28. The molecular weight excluding hydrogens is 392 g/mol. The van der Waals surface area contributed by atoms with Crippen LogP contribution in [0.5, 0.6) is 0 Å². The van der Waals surface area contributed by atoms with E-state index in [0.29, 0.717) is 18.8 Å². The van der Waals surface area contributed by atoms with Crippen LogP contribution in [0.1, 0.15) is 45.7 Å². The topological polar surface area (TPSA) is 87.5 Å². The van der Waals surface area contributed by atoms with Crippen LogP contribution in [-0.4, -0.2) is 50.8 Å². The molecule has 2 heterocycles. The minimum atomic E-state index is -0.864. The van der Waals surface area contributed by atoms with E-state index in [9.17, 15) is 14.7 Å². The van der Waals surface area contributed by atoms with Crippen molar-refractivity contribution in [1.29, 1.82) is 0 Å². The predicted molar refractivity (Wildman–Crippen MR) is 115 cm³/mol. The number of amides is 1. The predicted octanol–water partition coefficient (Wildman–Crippen LogP) is 3.47. The first-order chi connectivity index (χ1) is 13.3. The van der Waals surface area contributed by atoms with E-state index < -0.39 is 12.0 Å². The van der Waals surface area contributed by atoms with E-state index in [1.807, 2.05) is 36.4 Å². The summed E-state index contributed by atoms with van der Waals surface area (Å²) >= 11 is 0. The van der Waals surface area contributed by atoms with Crippen LogP contribution in [0.2, 0.25) is 0 Å². The molecule has 1 aromatic heterocycles. The molecule has 8 heteroatoms. The number of aliphatic carboxylic acids is 1. The normalized spacial score (nSPS) is 17.4. The van der Waals surface area contributed by atoms with Gasteiger partial charge in [-0.25, -0.2) is 4.68 Å². The van der Waals surface area contributed by atoms with E-state index in [0.717, 1.165) is 24.2 Å². The van der Waals surface area contributed by atoms with Crippen molar-refractivity contribution in [3.8, 4) is 5.69 Å². The van der Waals surface area contributed by atoms with Gasteiger partial charge in [0.15, 0.2) is 0 Å². The molecule has 29 heavy (non-hydrogen) atoms. The fourth-order valence-electron chi connectivity index (χ4n) is 3.43. The molecule has 1 saturated heterocycles. The summed E-state index contributed by atoms with van der Waals surface area (Å²) in [6.07, 6.45) is 2.37. The number of carboxylic acid groups (broad SMARTS) is 1. The average Bonchev–Trinajstić information content (AvgIpc) is 3.06. The highest BCUT2D eigenvalue weighted by Gasteiger charge is 2.30. The van der Waals surface area contributed by atoms with Gasteiger partial charge in [0.1, 0.15) is 11.9 Å². The number of nitrogens with one attached hydrogen (secondary N) is 1. The number of nitrogens with zero attached hydrogens (tertiary/aromatic N) is 3. The zero-order valence-corrected chi connectivity index (χ0v) is 17.9. The van der Waals surface area contributed by atoms with Gasteiger partial charge in [-0.1, -0.05) is 45.4 Å². The highest BCUT2D eigenvalue weighted by molar-refractivity contribution is 5.92. The maximum atomic E-state index is 12.7. The summed E-state index contributed by atoms with van der Waals surface area (Å²) in [6, 6.07) is 10.9. The molecule has 2 N–H and O–H groups in total. The van der Waals surface area contributed by atoms with Crippen LogP contribution in [0.25, 0.3) is 5.69 Å². The quantitative estimate of drug-likeness (QED) is 0.773. The minimum Gasteiger partial charge on any atom is -0.480 e. The first kappa shape index (κ1) is 22.9. The van der Waals surface area contributed by atoms with Crippen molar-refractivity contribution in [2.75, 3.05) is 18.4 Å². The molecule has 1 aliphatic heterocycles. The highest BCUT2D eigenvalue weighted by atomic mass is 35.5. The molecular formula is C21H29ClN4O3. The van der Waals surface area contributed by atoms with Gasteiger partial charge < -0.3 is 10.4 Å². The van der Waals surface area contributed by atoms with Crippen LogP contribution in [0.15, 0.2) is 36.4 Å². The van der Waals surface area contributed by atoms with Crippen molar-refractivity contribution in [1.82, 2.24) is 14.7 Å². The second-order valence-electron chi connectivity index (χ2n) is 8.28. The molecule has 3 rings (SSSR count). The number of carboxylic acids is 1. The largest absolute Gasteiger partial charge is 0.480 e. The SMILES string of the molecule is CC(C)(C)c1cc(NC(=O)CN2CCCCC2C(=O)O)n(-c2ccccc2)n1.Cl. The second kappa shape index (κ2) is 9.41. The van der Waals surface area contributed by atoms with Crippen molar-refractivity contribution in [3.05, 3.63) is 42.1 Å². The Labute approximate surface area is 177 Å². The number of piperidine rings is 1. The number of anilines is 1. The molecule has 2 aromatic rings. The number of hydrogen-bond donors (Lipinski definition) is 2. The Balaban J connectivity index is 0.00000300. The fraction of sp³-hybridized carbons (Fsp3) is 0.476. The molecule has 1 aromatic carbocycles. The molecule has 158 valence electrons. The lowest BCUT2D eigenvalue weighted by molar-refractivity contribution is -0.145. The average molecular weight is 421 g/mol. The number of carbonyl (C=O) groups excluding carboxylic acids is 1. The minimum absolute atomic E-state index is 0. The van der Waals surface area contributed by atoms with E-state index in [2.05, 4.69) is 31.2 Å². The van der Waals surface area contributed by atoms with Gasteiger partial charge in [0.2, 0.25) is 5.91 Å². The first-order valence-electron chi connectivity index (χ1n) is 9.68. The van der Waals surface area contributed by atoms with Gasteiger partial charge in [-0.05, 0) is 31.5 Å². The summed E-state index contributed by atoms with van der Waals surface area (Å²) in [5.74, 6) is -0.507. The fourth-order valence-corrected chi connectivity index (χ4v) is 3.43. The number of rotatable bonds is 5. The molecule has 7 nitrogen and oxygen atoms in total. The Bertz CT molecular complexity index is 845. The zero-order valence-electron chi connectivity index (χ0n) is 17.1. The molecule has 0 saturated carbocycles. The van der Waals surface area contributed by atoms with E-state index in [-0.39, 0.29) is 30.3 Å². The first-order valence-corrected chi connectivity index (χ1v) is 9.68. The van der Waals surface area contributed by atoms with Crippen molar-refractivity contribution in [3.63, 3.8) is 0 Å². The Morgan fingerprint density at radius 3 is 2.52 bits per heavy atom. The molecule has 0 aliphatic carbocycles. The summed E-state index contributed by atoms with van der Waals surface area (Å²) in [7, 11) is 0. The van der Waals surface area contributed by atoms with Crippen molar-refractivity contribution in [2.45, 2.75) is 51.5 Å². The van der Waals surface area contributed by atoms with E-state index in [1.165, 1.54) is 0 Å². The Morgan fingerprint density at radius 1 is 1.21 bits per heavy atom. The van der Waals surface area contributed by atoms with Gasteiger partial charge in [-0.15, -0.1) is 12.4 Å². The Morgan fingerprint density at radius 2 is 1.90 bits per heavy atom. The van der Waals surface area contributed by atoms with E-state index in [1.54, 1.807) is 9.58 Å². The number of carbonyl (C=O) groups is 2. The van der Waals surface area contributed by atoms with E-state index >= 15 is 0 Å². The van der Waals surface area contributed by atoms with Gasteiger partial charge in [0.25, 0.3) is 0 Å². The maximum absolute atomic E-state index is 12.7. The van der Waals surface area contributed by atoms with Crippen LogP contribution in [0.3, 0.4) is 0 Å². The number of likely N-dealkylation sites (tertiary alicyclic amines) is 1. The lowest BCUT2D eigenvalue weighted by atomic mass is 9.92. The van der Waals surface area contributed by atoms with Gasteiger partial charge in [0, 0.05) is 11.5 Å². The smallest absolute Gasteiger partial charge is 0.320 e. The van der Waals surface area contributed by atoms with Gasteiger partial charge in [0.05, 0.1) is 17.9 Å². The molecule has 1 aliphatic rings. The summed E-state index contributed by atoms with van der Waals surface area (Å²) in [5, 5.41) is 17.0. The van der Waals surface area contributed by atoms with Crippen LogP contribution >= 0.6 is 12.4 Å². The molecule has 0 bridgehead atoms. The Kier molecular flexibility index (Phi) is 7.43. The molecule has 1 amide bonds. The maximum Gasteiger partial charge on any atom is 0.320 e. The van der Waals surface area contributed by atoms with Crippen molar-refractivity contribution in [2.24, 2.45) is 0 Å². The van der Waals surface area contributed by atoms with Crippen molar-refractivity contribution < 1.29 is 14.7 Å². The zero-order chi connectivity index (χ0) is 20.3. The summed E-state index contributed by atoms with van der Waals surface area (Å²) in [6.45, 7) is 6.89. The third-order valence-electron chi connectivity index (χ3n) is 4.99. The van der Waals surface area contributed by atoms with Crippen molar-refractivity contribution >= 4 is 30.1 Å². The summed E-state index contributed by atoms with van der Waals surface area (Å²) < 4.78 is 1.73. The lowest BCUT2D eigenvalue weighted by Crippen LogP contribution is -2.47. The number of halogens is 1. The van der Waals surface area contributed by atoms with Crippen LogP contribution in [0, 0.1) is 0 Å². The molecule has 0 spiro atoms. The standard InChI is InChI=1S/C21H28N4O3.ClH/c1-21(2,3)17-13-18(25(23-17)15-9-5-4-6-10-15)22-19(26)14-24-12-8-7-11-16(24)20(27)28;/h4-6,9-10,13,16H,7-8,11-12,14H2,1-3H3,(H,22,26)(H,27,28);1H. The number of hydrogen-bond acceptors (Lipinski definition) is 4.